The van der Waals surface area contributed by atoms with Crippen molar-refractivity contribution in [1.29, 1.82) is 0 Å². The fourth-order valence-corrected chi connectivity index (χ4v) is 4.81. The van der Waals surface area contributed by atoms with Gasteiger partial charge in [0.1, 0.15) is 0 Å². The van der Waals surface area contributed by atoms with Gasteiger partial charge in [-0.1, -0.05) is 11.2 Å². The smallest absolute Gasteiger partial charge is 0.259 e. The predicted octanol–water partition coefficient (Wildman–Crippen LogP) is 3.27. The number of thiophene rings is 1. The van der Waals surface area contributed by atoms with Gasteiger partial charge in [-0.3, -0.25) is 9.69 Å². The van der Waals surface area contributed by atoms with E-state index in [1.165, 1.54) is 4.88 Å². The van der Waals surface area contributed by atoms with Crippen LogP contribution in [0.5, 0.6) is 0 Å². The lowest BCUT2D eigenvalue weighted by atomic mass is 10.1. The lowest BCUT2D eigenvalue weighted by Gasteiger charge is -2.34. The first kappa shape index (κ1) is 18.7. The summed E-state index contributed by atoms with van der Waals surface area (Å²) in [4.78, 5) is 21.4. The third kappa shape index (κ3) is 3.80. The van der Waals surface area contributed by atoms with Crippen LogP contribution < -0.4 is 5.32 Å². The second-order valence-corrected chi connectivity index (χ2v) is 8.69. The van der Waals surface area contributed by atoms with Crippen LogP contribution in [0.25, 0.3) is 11.1 Å². The molecule has 1 N–H and O–H groups in total. The van der Waals surface area contributed by atoms with Gasteiger partial charge >= 0.3 is 0 Å². The number of amides is 1. The number of nitrogens with zero attached hydrogens (tertiary/aromatic N) is 3. The van der Waals surface area contributed by atoms with Crippen LogP contribution in [0.3, 0.4) is 0 Å². The minimum absolute atomic E-state index is 0.0968. The first-order valence-corrected chi connectivity index (χ1v) is 11.0. The van der Waals surface area contributed by atoms with Crippen LogP contribution in [-0.2, 0) is 4.74 Å². The summed E-state index contributed by atoms with van der Waals surface area (Å²) < 4.78 is 10.9. The van der Waals surface area contributed by atoms with E-state index in [4.69, 9.17) is 9.26 Å². The first-order valence-electron chi connectivity index (χ1n) is 10.1. The van der Waals surface area contributed by atoms with Crippen molar-refractivity contribution < 1.29 is 14.1 Å². The van der Waals surface area contributed by atoms with E-state index in [1.54, 1.807) is 11.3 Å². The van der Waals surface area contributed by atoms with Gasteiger partial charge in [-0.25, -0.2) is 4.98 Å². The van der Waals surface area contributed by atoms with Crippen LogP contribution in [0.1, 0.15) is 51.4 Å². The molecule has 3 aromatic rings. The predicted molar refractivity (Wildman–Crippen MR) is 110 cm³/mol. The molecule has 2 aliphatic rings. The summed E-state index contributed by atoms with van der Waals surface area (Å²) in [5.74, 6) is 0.337. The maximum atomic E-state index is 13.2. The minimum atomic E-state index is -0.0968. The Morgan fingerprint density at radius 1 is 1.38 bits per heavy atom. The Bertz CT molecular complexity index is 1010. The highest BCUT2D eigenvalue weighted by molar-refractivity contribution is 7.10. The monoisotopic (exact) mass is 412 g/mol. The molecule has 5 rings (SSSR count). The number of aryl methyl sites for hydroxylation is 1. The largest absolute Gasteiger partial charge is 0.379 e. The van der Waals surface area contributed by atoms with E-state index in [1.807, 2.05) is 13.0 Å². The summed E-state index contributed by atoms with van der Waals surface area (Å²) in [5, 5.41) is 10.00. The number of hydrogen-bond acceptors (Lipinski definition) is 7. The van der Waals surface area contributed by atoms with Gasteiger partial charge in [-0.05, 0) is 37.3 Å². The number of aromatic nitrogens is 2. The molecule has 4 heterocycles. The molecule has 1 aliphatic carbocycles. The maximum absolute atomic E-state index is 13.2. The lowest BCUT2D eigenvalue weighted by molar-refractivity contribution is 0.0169. The van der Waals surface area contributed by atoms with Crippen LogP contribution in [0, 0.1) is 6.92 Å². The first-order chi connectivity index (χ1) is 14.2. The number of pyridine rings is 1. The van der Waals surface area contributed by atoms with E-state index in [0.29, 0.717) is 34.8 Å². The van der Waals surface area contributed by atoms with Gasteiger partial charge in [-0.2, -0.15) is 0 Å². The molecule has 0 aromatic carbocycles. The van der Waals surface area contributed by atoms with E-state index >= 15 is 0 Å². The Hall–Kier alpha value is -2.29. The molecular formula is C21H24N4O3S. The zero-order chi connectivity index (χ0) is 19.8. The molecule has 7 nitrogen and oxygen atoms in total. The van der Waals surface area contributed by atoms with E-state index in [0.717, 1.165) is 44.8 Å². The fourth-order valence-electron chi connectivity index (χ4n) is 3.95. The SMILES string of the molecule is Cc1noc2nc(C3CC3)cc(C(=O)NCC(c3cccs3)N3CCOCC3)c12. The highest BCUT2D eigenvalue weighted by Crippen LogP contribution is 2.40. The highest BCUT2D eigenvalue weighted by atomic mass is 32.1. The highest BCUT2D eigenvalue weighted by Gasteiger charge is 2.29. The zero-order valence-electron chi connectivity index (χ0n) is 16.4. The van der Waals surface area contributed by atoms with Gasteiger partial charge in [0.05, 0.1) is 35.9 Å². The van der Waals surface area contributed by atoms with Crippen molar-refractivity contribution >= 4 is 28.3 Å². The molecule has 1 saturated carbocycles. The van der Waals surface area contributed by atoms with E-state index in [9.17, 15) is 4.79 Å². The molecule has 29 heavy (non-hydrogen) atoms. The number of rotatable bonds is 6. The molecule has 2 fully saturated rings. The molecular weight excluding hydrogens is 388 g/mol. The molecule has 8 heteroatoms. The van der Waals surface area contributed by atoms with Crippen molar-refractivity contribution in [3.63, 3.8) is 0 Å². The number of ether oxygens (including phenoxy) is 1. The van der Waals surface area contributed by atoms with Gasteiger partial charge in [0.15, 0.2) is 0 Å². The summed E-state index contributed by atoms with van der Waals surface area (Å²) in [7, 11) is 0. The second-order valence-electron chi connectivity index (χ2n) is 7.71. The molecule has 1 aliphatic heterocycles. The van der Waals surface area contributed by atoms with Crippen molar-refractivity contribution in [1.82, 2.24) is 20.4 Å². The van der Waals surface area contributed by atoms with Gasteiger partial charge in [0.25, 0.3) is 11.6 Å². The van der Waals surface area contributed by atoms with Gasteiger partial charge in [0, 0.05) is 36.1 Å². The fraction of sp³-hybridized carbons (Fsp3) is 0.476. The summed E-state index contributed by atoms with van der Waals surface area (Å²) in [6.45, 7) is 5.59. The van der Waals surface area contributed by atoms with E-state index in [-0.39, 0.29) is 11.9 Å². The minimum Gasteiger partial charge on any atom is -0.379 e. The number of fused-ring (bicyclic) bond motifs is 1. The Morgan fingerprint density at radius 3 is 2.93 bits per heavy atom. The normalized spacial score (nSPS) is 18.8. The van der Waals surface area contributed by atoms with Crippen molar-refractivity contribution in [3.8, 4) is 0 Å². The molecule has 1 unspecified atom stereocenters. The number of hydrogen-bond donors (Lipinski definition) is 1. The second kappa shape index (κ2) is 7.85. The zero-order valence-corrected chi connectivity index (χ0v) is 17.2. The molecule has 1 amide bonds. The molecule has 0 spiro atoms. The Labute approximate surface area is 173 Å². The number of morpholine rings is 1. The lowest BCUT2D eigenvalue weighted by Crippen LogP contribution is -2.43. The van der Waals surface area contributed by atoms with Crippen molar-refractivity contribution in [3.05, 3.63) is 45.4 Å². The van der Waals surface area contributed by atoms with E-state index < -0.39 is 0 Å². The van der Waals surface area contributed by atoms with Crippen LogP contribution in [0.2, 0.25) is 0 Å². The molecule has 1 saturated heterocycles. The van der Waals surface area contributed by atoms with Gasteiger partial charge in [0.2, 0.25) is 0 Å². The Kier molecular flexibility index (Phi) is 5.07. The van der Waals surface area contributed by atoms with Gasteiger partial charge < -0.3 is 14.6 Å². The maximum Gasteiger partial charge on any atom is 0.259 e. The average molecular weight is 413 g/mol. The topological polar surface area (TPSA) is 80.5 Å². The summed E-state index contributed by atoms with van der Waals surface area (Å²) in [6, 6.07) is 6.27. The molecule has 0 radical (unpaired) electrons. The number of carbonyl (C=O) groups excluding carboxylic acids is 1. The molecule has 1 atom stereocenters. The third-order valence-electron chi connectivity index (χ3n) is 5.69. The van der Waals surface area contributed by atoms with Gasteiger partial charge in [-0.15, -0.1) is 11.3 Å². The average Bonchev–Trinajstić information content (AvgIpc) is 3.34. The van der Waals surface area contributed by atoms with Crippen LogP contribution >= 0.6 is 11.3 Å². The number of nitrogens with one attached hydrogen (secondary N) is 1. The molecule has 3 aromatic heterocycles. The summed E-state index contributed by atoms with van der Waals surface area (Å²) in [6.07, 6.45) is 2.23. The van der Waals surface area contributed by atoms with Crippen LogP contribution in [0.15, 0.2) is 28.1 Å². The summed E-state index contributed by atoms with van der Waals surface area (Å²) in [5.41, 5.74) is 2.70. The quantitative estimate of drug-likeness (QED) is 0.669. The Balaban J connectivity index is 1.40. The van der Waals surface area contributed by atoms with Crippen molar-refractivity contribution in [2.45, 2.75) is 31.7 Å². The van der Waals surface area contributed by atoms with Crippen molar-refractivity contribution in [2.75, 3.05) is 32.8 Å². The van der Waals surface area contributed by atoms with Crippen molar-refractivity contribution in [2.24, 2.45) is 0 Å². The third-order valence-corrected chi connectivity index (χ3v) is 6.66. The molecule has 152 valence electrons. The van der Waals surface area contributed by atoms with E-state index in [2.05, 4.69) is 37.9 Å². The van der Waals surface area contributed by atoms with Crippen LogP contribution in [-0.4, -0.2) is 53.8 Å². The molecule has 0 bridgehead atoms. The Morgan fingerprint density at radius 2 is 2.21 bits per heavy atom. The standard InChI is InChI=1S/C21H24N4O3S/c1-13-19-15(11-16(14-4-5-14)23-21(19)28-24-13)20(26)22-12-17(18-3-2-10-29-18)25-6-8-27-9-7-25/h2-3,10-11,14,17H,4-9,12H2,1H3,(H,22,26). The summed E-state index contributed by atoms with van der Waals surface area (Å²) >= 11 is 1.72. The number of carbonyl (C=O) groups is 1. The van der Waals surface area contributed by atoms with Crippen LogP contribution in [0.4, 0.5) is 0 Å².